The predicted molar refractivity (Wildman–Crippen MR) is 116 cm³/mol. The van der Waals surface area contributed by atoms with Crippen LogP contribution < -0.4 is 4.18 Å². The van der Waals surface area contributed by atoms with Gasteiger partial charge in [-0.05, 0) is 55.5 Å². The number of aryl methyl sites for hydroxylation is 1. The monoisotopic (exact) mass is 457 g/mol. The van der Waals surface area contributed by atoms with Crippen LogP contribution in [0.15, 0.2) is 80.9 Å². The molecular formula is C22H19NO6S2. The van der Waals surface area contributed by atoms with Crippen molar-refractivity contribution >= 4 is 31.1 Å². The first kappa shape index (κ1) is 21.1. The molecule has 0 aliphatic carbocycles. The number of rotatable bonds is 6. The summed E-state index contributed by atoms with van der Waals surface area (Å²) in [6, 6.07) is 17.2. The van der Waals surface area contributed by atoms with Gasteiger partial charge in [0.15, 0.2) is 15.4 Å². The Morgan fingerprint density at radius 2 is 1.61 bits per heavy atom. The molecule has 160 valence electrons. The van der Waals surface area contributed by atoms with Crippen molar-refractivity contribution in [2.24, 2.45) is 0 Å². The first-order chi connectivity index (χ1) is 14.7. The molecular weight excluding hydrogens is 438 g/mol. The molecule has 0 aliphatic heterocycles. The van der Waals surface area contributed by atoms with Crippen molar-refractivity contribution in [3.05, 3.63) is 72.3 Å². The van der Waals surface area contributed by atoms with Crippen molar-refractivity contribution in [2.75, 3.05) is 5.75 Å². The molecule has 0 unspecified atom stereocenters. The molecule has 0 radical (unpaired) electrons. The highest BCUT2D eigenvalue weighted by Crippen LogP contribution is 2.29. The molecule has 0 bridgehead atoms. The molecule has 1 aromatic heterocycles. The van der Waals surface area contributed by atoms with Crippen molar-refractivity contribution in [3.63, 3.8) is 0 Å². The van der Waals surface area contributed by atoms with Gasteiger partial charge in [-0.15, -0.1) is 0 Å². The SMILES string of the molecule is CCS(=O)(=O)c1ccc2oc(-c3cccc(OS(=O)(=O)c4ccc(C)cc4)c3)nc2c1. The number of hydrogen-bond donors (Lipinski definition) is 0. The summed E-state index contributed by atoms with van der Waals surface area (Å²) >= 11 is 0. The van der Waals surface area contributed by atoms with Gasteiger partial charge in [0.25, 0.3) is 0 Å². The minimum Gasteiger partial charge on any atom is -0.436 e. The Kier molecular flexibility index (Phi) is 5.32. The lowest BCUT2D eigenvalue weighted by atomic mass is 10.2. The van der Waals surface area contributed by atoms with E-state index in [1.54, 1.807) is 37.3 Å². The standard InChI is InChI=1S/C22H19NO6S2/c1-3-30(24,25)19-11-12-21-20(14-19)23-22(28-21)16-5-4-6-17(13-16)29-31(26,27)18-9-7-15(2)8-10-18/h4-14H,3H2,1-2H3. The van der Waals surface area contributed by atoms with Crippen LogP contribution in [0, 0.1) is 6.92 Å². The zero-order valence-electron chi connectivity index (χ0n) is 16.8. The number of hydrogen-bond acceptors (Lipinski definition) is 7. The molecule has 0 atom stereocenters. The Hall–Kier alpha value is -3.17. The summed E-state index contributed by atoms with van der Waals surface area (Å²) in [6.07, 6.45) is 0. The van der Waals surface area contributed by atoms with Crippen LogP contribution in [0.2, 0.25) is 0 Å². The second kappa shape index (κ2) is 7.82. The number of aromatic nitrogens is 1. The number of nitrogens with zero attached hydrogens (tertiary/aromatic N) is 1. The molecule has 0 aliphatic rings. The van der Waals surface area contributed by atoms with Crippen LogP contribution in [0.5, 0.6) is 5.75 Å². The highest BCUT2D eigenvalue weighted by Gasteiger charge is 2.18. The quantitative estimate of drug-likeness (QED) is 0.396. The van der Waals surface area contributed by atoms with Crippen LogP contribution in [-0.2, 0) is 20.0 Å². The van der Waals surface area contributed by atoms with Crippen LogP contribution in [0.25, 0.3) is 22.6 Å². The second-order valence-electron chi connectivity index (χ2n) is 6.93. The molecule has 7 nitrogen and oxygen atoms in total. The summed E-state index contributed by atoms with van der Waals surface area (Å²) in [5, 5.41) is 0. The van der Waals surface area contributed by atoms with E-state index in [1.165, 1.54) is 36.4 Å². The summed E-state index contributed by atoms with van der Waals surface area (Å²) in [7, 11) is -7.37. The Morgan fingerprint density at radius 3 is 2.32 bits per heavy atom. The smallest absolute Gasteiger partial charge is 0.339 e. The molecule has 4 aromatic rings. The van der Waals surface area contributed by atoms with Gasteiger partial charge in [0, 0.05) is 5.56 Å². The highest BCUT2D eigenvalue weighted by atomic mass is 32.2. The van der Waals surface area contributed by atoms with Crippen molar-refractivity contribution in [2.45, 2.75) is 23.6 Å². The van der Waals surface area contributed by atoms with E-state index < -0.39 is 20.0 Å². The lowest BCUT2D eigenvalue weighted by molar-refractivity contribution is 0.486. The van der Waals surface area contributed by atoms with E-state index in [4.69, 9.17) is 8.60 Å². The average molecular weight is 458 g/mol. The van der Waals surface area contributed by atoms with Gasteiger partial charge >= 0.3 is 10.1 Å². The summed E-state index contributed by atoms with van der Waals surface area (Å²) in [6.45, 7) is 3.44. The van der Waals surface area contributed by atoms with Gasteiger partial charge in [-0.1, -0.05) is 30.7 Å². The van der Waals surface area contributed by atoms with Crippen molar-refractivity contribution in [1.82, 2.24) is 4.98 Å². The van der Waals surface area contributed by atoms with Gasteiger partial charge in [0.1, 0.15) is 16.2 Å². The molecule has 0 N–H and O–H groups in total. The van der Waals surface area contributed by atoms with Crippen LogP contribution in [0.4, 0.5) is 0 Å². The van der Waals surface area contributed by atoms with Crippen LogP contribution in [0.1, 0.15) is 12.5 Å². The Bertz CT molecular complexity index is 1470. The molecule has 0 spiro atoms. The van der Waals surface area contributed by atoms with Gasteiger partial charge in [0.2, 0.25) is 5.89 Å². The molecule has 0 amide bonds. The van der Waals surface area contributed by atoms with Gasteiger partial charge in [0.05, 0.1) is 10.6 Å². The summed E-state index contributed by atoms with van der Waals surface area (Å²) < 4.78 is 60.3. The number of sulfone groups is 1. The first-order valence-electron chi connectivity index (χ1n) is 9.43. The zero-order valence-corrected chi connectivity index (χ0v) is 18.4. The first-order valence-corrected chi connectivity index (χ1v) is 12.5. The lowest BCUT2D eigenvalue weighted by Gasteiger charge is -2.08. The fraction of sp³-hybridized carbons (Fsp3) is 0.136. The van der Waals surface area contributed by atoms with Crippen LogP contribution in [0.3, 0.4) is 0 Å². The Labute approximate surface area is 180 Å². The van der Waals surface area contributed by atoms with Gasteiger partial charge in [-0.25, -0.2) is 13.4 Å². The van der Waals surface area contributed by atoms with Crippen molar-refractivity contribution < 1.29 is 25.4 Å². The fourth-order valence-corrected chi connectivity index (χ4v) is 4.77. The summed E-state index contributed by atoms with van der Waals surface area (Å²) in [4.78, 5) is 4.58. The Balaban J connectivity index is 1.66. The third kappa shape index (κ3) is 4.33. The third-order valence-corrected chi connectivity index (χ3v) is 7.69. The van der Waals surface area contributed by atoms with Gasteiger partial charge in [-0.2, -0.15) is 8.42 Å². The number of oxazole rings is 1. The van der Waals surface area contributed by atoms with Crippen LogP contribution >= 0.6 is 0 Å². The number of fused-ring (bicyclic) bond motifs is 1. The van der Waals surface area contributed by atoms with E-state index in [0.29, 0.717) is 16.7 Å². The molecule has 3 aromatic carbocycles. The molecule has 0 saturated heterocycles. The normalized spacial score (nSPS) is 12.2. The fourth-order valence-electron chi connectivity index (χ4n) is 2.95. The molecule has 31 heavy (non-hydrogen) atoms. The van der Waals surface area contributed by atoms with E-state index >= 15 is 0 Å². The Morgan fingerprint density at radius 1 is 0.903 bits per heavy atom. The summed E-state index contributed by atoms with van der Waals surface area (Å²) in [5.41, 5.74) is 2.24. The van der Waals surface area contributed by atoms with E-state index in [0.717, 1.165) is 5.56 Å². The number of benzene rings is 3. The van der Waals surface area contributed by atoms with Crippen molar-refractivity contribution in [1.29, 1.82) is 0 Å². The predicted octanol–water partition coefficient (Wildman–Crippen LogP) is 4.36. The minimum atomic E-state index is -4.00. The average Bonchev–Trinajstić information content (AvgIpc) is 3.17. The van der Waals surface area contributed by atoms with E-state index in [2.05, 4.69) is 4.98 Å². The maximum Gasteiger partial charge on any atom is 0.339 e. The van der Waals surface area contributed by atoms with Crippen molar-refractivity contribution in [3.8, 4) is 17.2 Å². The largest absolute Gasteiger partial charge is 0.436 e. The third-order valence-electron chi connectivity index (χ3n) is 4.69. The van der Waals surface area contributed by atoms with E-state index in [9.17, 15) is 16.8 Å². The van der Waals surface area contributed by atoms with Crippen LogP contribution in [-0.4, -0.2) is 27.6 Å². The second-order valence-corrected chi connectivity index (χ2v) is 10.8. The molecule has 9 heteroatoms. The van der Waals surface area contributed by atoms with E-state index in [1.807, 2.05) is 6.92 Å². The van der Waals surface area contributed by atoms with E-state index in [-0.39, 0.29) is 27.2 Å². The molecule has 4 rings (SSSR count). The molecule has 1 heterocycles. The zero-order chi connectivity index (χ0) is 22.2. The van der Waals surface area contributed by atoms with Gasteiger partial charge < -0.3 is 8.60 Å². The van der Waals surface area contributed by atoms with Gasteiger partial charge in [-0.3, -0.25) is 0 Å². The lowest BCUT2D eigenvalue weighted by Crippen LogP contribution is -2.09. The molecule has 0 saturated carbocycles. The topological polar surface area (TPSA) is 104 Å². The maximum absolute atomic E-state index is 12.5. The minimum absolute atomic E-state index is 0.0158. The molecule has 0 fully saturated rings. The summed E-state index contributed by atoms with van der Waals surface area (Å²) in [5.74, 6) is 0.312. The maximum atomic E-state index is 12.5. The highest BCUT2D eigenvalue weighted by molar-refractivity contribution is 7.91.